The van der Waals surface area contributed by atoms with Crippen LogP contribution in [0.4, 0.5) is 5.69 Å². The zero-order valence-corrected chi connectivity index (χ0v) is 14.7. The fraction of sp³-hybridized carbons (Fsp3) is 0.211. The molecule has 0 bridgehead atoms. The second-order valence-electron chi connectivity index (χ2n) is 5.92. The lowest BCUT2D eigenvalue weighted by Gasteiger charge is -2.19. The maximum absolute atomic E-state index is 12.1. The van der Waals surface area contributed by atoms with Gasteiger partial charge in [-0.3, -0.25) is 9.59 Å². The standard InChI is InChI=1S/C19H19N3O5/c1-12(21-22-19(25)13-3-2-4-15(23)10-13)9-18(24)20-14-5-6-16-17(11-14)27-8-7-26-16/h2-6,10-11,23H,7-9H2,1H3,(H,20,24)(H,22,25)/b21-12-. The maximum Gasteiger partial charge on any atom is 0.271 e. The first-order valence-corrected chi connectivity index (χ1v) is 8.33. The number of amides is 2. The third-order valence-corrected chi connectivity index (χ3v) is 3.70. The Labute approximate surface area is 155 Å². The SMILES string of the molecule is C/C(CC(=O)Nc1ccc2c(c1)OCCO2)=N/NC(=O)c1cccc(O)c1. The Balaban J connectivity index is 1.54. The molecule has 1 aliphatic heterocycles. The van der Waals surface area contributed by atoms with Gasteiger partial charge in [0.15, 0.2) is 11.5 Å². The molecule has 3 rings (SSSR count). The molecule has 3 N–H and O–H groups in total. The zero-order chi connectivity index (χ0) is 19.2. The molecule has 140 valence electrons. The molecule has 2 aromatic carbocycles. The smallest absolute Gasteiger partial charge is 0.271 e. The van der Waals surface area contributed by atoms with Crippen molar-refractivity contribution in [1.29, 1.82) is 0 Å². The molecule has 2 aromatic rings. The summed E-state index contributed by atoms with van der Waals surface area (Å²) in [6.07, 6.45) is 0.00869. The number of nitrogens with zero attached hydrogens (tertiary/aromatic N) is 1. The third kappa shape index (κ3) is 4.97. The lowest BCUT2D eigenvalue weighted by atomic mass is 10.2. The lowest BCUT2D eigenvalue weighted by Crippen LogP contribution is -2.21. The normalized spacial score (nSPS) is 13.0. The first-order valence-electron chi connectivity index (χ1n) is 8.33. The summed E-state index contributed by atoms with van der Waals surface area (Å²) in [5, 5.41) is 16.0. The van der Waals surface area contributed by atoms with E-state index in [4.69, 9.17) is 9.47 Å². The largest absolute Gasteiger partial charge is 0.508 e. The van der Waals surface area contributed by atoms with Crippen LogP contribution in [-0.2, 0) is 4.79 Å². The van der Waals surface area contributed by atoms with E-state index in [0.29, 0.717) is 36.1 Å². The monoisotopic (exact) mass is 369 g/mol. The van der Waals surface area contributed by atoms with Crippen molar-refractivity contribution in [2.45, 2.75) is 13.3 Å². The average molecular weight is 369 g/mol. The Morgan fingerprint density at radius 1 is 1.11 bits per heavy atom. The zero-order valence-electron chi connectivity index (χ0n) is 14.7. The minimum Gasteiger partial charge on any atom is -0.508 e. The number of carbonyl (C=O) groups is 2. The van der Waals surface area contributed by atoms with Gasteiger partial charge in [-0.1, -0.05) is 6.07 Å². The Morgan fingerprint density at radius 2 is 1.89 bits per heavy atom. The number of hydrazone groups is 1. The second-order valence-corrected chi connectivity index (χ2v) is 5.92. The van der Waals surface area contributed by atoms with E-state index in [2.05, 4.69) is 15.8 Å². The van der Waals surface area contributed by atoms with E-state index >= 15 is 0 Å². The molecule has 1 heterocycles. The van der Waals surface area contributed by atoms with Gasteiger partial charge in [0.05, 0.1) is 6.42 Å². The predicted molar refractivity (Wildman–Crippen MR) is 99.4 cm³/mol. The van der Waals surface area contributed by atoms with Crippen LogP contribution in [0, 0.1) is 0 Å². The number of hydrogen-bond donors (Lipinski definition) is 3. The van der Waals surface area contributed by atoms with Gasteiger partial charge in [0.2, 0.25) is 5.91 Å². The molecule has 0 unspecified atom stereocenters. The number of rotatable bonds is 5. The molecule has 1 aliphatic rings. The second kappa shape index (κ2) is 8.22. The molecule has 8 heteroatoms. The van der Waals surface area contributed by atoms with Crippen LogP contribution in [0.5, 0.6) is 17.2 Å². The Morgan fingerprint density at radius 3 is 2.67 bits per heavy atom. The Hall–Kier alpha value is -3.55. The van der Waals surface area contributed by atoms with Crippen molar-refractivity contribution < 1.29 is 24.2 Å². The minimum atomic E-state index is -0.475. The summed E-state index contributed by atoms with van der Waals surface area (Å²) >= 11 is 0. The van der Waals surface area contributed by atoms with Crippen molar-refractivity contribution >= 4 is 23.2 Å². The van der Waals surface area contributed by atoms with Crippen LogP contribution >= 0.6 is 0 Å². The lowest BCUT2D eigenvalue weighted by molar-refractivity contribution is -0.115. The van der Waals surface area contributed by atoms with Crippen LogP contribution in [0.25, 0.3) is 0 Å². The highest BCUT2D eigenvalue weighted by Gasteiger charge is 2.13. The highest BCUT2D eigenvalue weighted by atomic mass is 16.6. The molecule has 27 heavy (non-hydrogen) atoms. The molecule has 8 nitrogen and oxygen atoms in total. The fourth-order valence-electron chi connectivity index (χ4n) is 2.46. The number of ether oxygens (including phenoxy) is 2. The van der Waals surface area contributed by atoms with Gasteiger partial charge in [-0.15, -0.1) is 0 Å². The highest BCUT2D eigenvalue weighted by Crippen LogP contribution is 2.32. The summed E-state index contributed by atoms with van der Waals surface area (Å²) in [4.78, 5) is 24.1. The van der Waals surface area contributed by atoms with E-state index in [0.717, 1.165) is 0 Å². The quantitative estimate of drug-likeness (QED) is 0.553. The van der Waals surface area contributed by atoms with Crippen LogP contribution in [-0.4, -0.2) is 35.8 Å². The summed E-state index contributed by atoms with van der Waals surface area (Å²) < 4.78 is 10.9. The average Bonchev–Trinajstić information content (AvgIpc) is 2.66. The Kier molecular flexibility index (Phi) is 5.55. The Bertz CT molecular complexity index is 895. The van der Waals surface area contributed by atoms with Crippen LogP contribution in [0.3, 0.4) is 0 Å². The van der Waals surface area contributed by atoms with E-state index in [9.17, 15) is 14.7 Å². The summed E-state index contributed by atoms with van der Waals surface area (Å²) in [7, 11) is 0. The maximum atomic E-state index is 12.1. The molecule has 2 amide bonds. The topological polar surface area (TPSA) is 109 Å². The number of carbonyl (C=O) groups excluding carboxylic acids is 2. The van der Waals surface area contributed by atoms with Gasteiger partial charge in [-0.05, 0) is 37.3 Å². The van der Waals surface area contributed by atoms with E-state index in [1.54, 1.807) is 37.3 Å². The molecule has 0 aliphatic carbocycles. The summed E-state index contributed by atoms with van der Waals surface area (Å²) in [6.45, 7) is 2.60. The van der Waals surface area contributed by atoms with Crippen LogP contribution in [0.15, 0.2) is 47.6 Å². The van der Waals surface area contributed by atoms with E-state index < -0.39 is 5.91 Å². The van der Waals surface area contributed by atoms with E-state index in [1.807, 2.05) is 0 Å². The van der Waals surface area contributed by atoms with Crippen molar-refractivity contribution in [2.75, 3.05) is 18.5 Å². The van der Waals surface area contributed by atoms with E-state index in [-0.39, 0.29) is 23.6 Å². The molecular formula is C19H19N3O5. The van der Waals surface area contributed by atoms with Gasteiger partial charge < -0.3 is 19.9 Å². The van der Waals surface area contributed by atoms with Crippen molar-refractivity contribution in [2.24, 2.45) is 5.10 Å². The van der Waals surface area contributed by atoms with Gasteiger partial charge in [0.1, 0.15) is 19.0 Å². The number of hydrogen-bond acceptors (Lipinski definition) is 6. The van der Waals surface area contributed by atoms with Gasteiger partial charge in [-0.2, -0.15) is 5.10 Å². The molecule has 0 saturated carbocycles. The van der Waals surface area contributed by atoms with Gasteiger partial charge >= 0.3 is 0 Å². The highest BCUT2D eigenvalue weighted by molar-refractivity contribution is 6.06. The predicted octanol–water partition coefficient (Wildman–Crippen LogP) is 2.30. The summed E-state index contributed by atoms with van der Waals surface area (Å²) in [5.41, 5.74) is 3.64. The first-order chi connectivity index (χ1) is 13.0. The molecule has 0 aromatic heterocycles. The number of nitrogens with one attached hydrogen (secondary N) is 2. The van der Waals surface area contributed by atoms with Crippen molar-refractivity contribution in [3.8, 4) is 17.2 Å². The molecule has 0 fully saturated rings. The molecule has 0 spiro atoms. The van der Waals surface area contributed by atoms with Gasteiger partial charge in [0.25, 0.3) is 5.91 Å². The van der Waals surface area contributed by atoms with Gasteiger partial charge in [-0.25, -0.2) is 5.43 Å². The number of benzene rings is 2. The number of phenols is 1. The molecule has 0 atom stereocenters. The van der Waals surface area contributed by atoms with Gasteiger partial charge in [0, 0.05) is 23.0 Å². The number of fused-ring (bicyclic) bond motifs is 1. The third-order valence-electron chi connectivity index (χ3n) is 3.70. The van der Waals surface area contributed by atoms with Crippen molar-refractivity contribution in [1.82, 2.24) is 5.43 Å². The van der Waals surface area contributed by atoms with Crippen molar-refractivity contribution in [3.05, 3.63) is 48.0 Å². The summed E-state index contributed by atoms with van der Waals surface area (Å²) in [6, 6.07) is 11.1. The first kappa shape index (κ1) is 18.2. The minimum absolute atomic E-state index is 0.00869. The van der Waals surface area contributed by atoms with Crippen LogP contribution in [0.2, 0.25) is 0 Å². The van der Waals surface area contributed by atoms with Crippen LogP contribution in [0.1, 0.15) is 23.7 Å². The van der Waals surface area contributed by atoms with Crippen LogP contribution < -0.4 is 20.2 Å². The number of anilines is 1. The molecule has 0 saturated heterocycles. The van der Waals surface area contributed by atoms with Crippen molar-refractivity contribution in [3.63, 3.8) is 0 Å². The van der Waals surface area contributed by atoms with E-state index in [1.165, 1.54) is 12.1 Å². The molecular weight excluding hydrogens is 350 g/mol. The number of aromatic hydroxyl groups is 1. The number of phenolic OH excluding ortho intramolecular Hbond substituents is 1. The summed E-state index contributed by atoms with van der Waals surface area (Å²) in [5.74, 6) is 0.466. The molecule has 0 radical (unpaired) electrons. The fourth-order valence-corrected chi connectivity index (χ4v) is 2.46.